The van der Waals surface area contributed by atoms with Crippen molar-refractivity contribution in [1.29, 1.82) is 0 Å². The third-order valence-corrected chi connectivity index (χ3v) is 3.98. The minimum atomic E-state index is 0.528. The minimum absolute atomic E-state index is 0.528. The molecule has 0 aliphatic carbocycles. The number of nitrogens with two attached hydrogens (primary N) is 1. The molecule has 112 valence electrons. The van der Waals surface area contributed by atoms with E-state index in [2.05, 4.69) is 48.0 Å². The Morgan fingerprint density at radius 1 is 1.05 bits per heavy atom. The van der Waals surface area contributed by atoms with Gasteiger partial charge < -0.3 is 10.6 Å². The van der Waals surface area contributed by atoms with Gasteiger partial charge in [0.05, 0.1) is 0 Å². The molecule has 0 saturated heterocycles. The molecule has 21 heavy (non-hydrogen) atoms. The first-order valence-electron chi connectivity index (χ1n) is 7.66. The van der Waals surface area contributed by atoms with Crippen LogP contribution in [0.4, 0.5) is 5.69 Å². The van der Waals surface area contributed by atoms with Crippen molar-refractivity contribution in [3.05, 3.63) is 59.9 Å². The zero-order valence-electron chi connectivity index (χ0n) is 13.0. The monoisotopic (exact) mass is 283 g/mol. The van der Waals surface area contributed by atoms with Gasteiger partial charge in [-0.15, -0.1) is 0 Å². The van der Waals surface area contributed by atoms with Gasteiger partial charge >= 0.3 is 0 Å². The highest BCUT2D eigenvalue weighted by Gasteiger charge is 2.12. The predicted molar refractivity (Wildman–Crippen MR) is 89.2 cm³/mol. The maximum absolute atomic E-state index is 5.74. The summed E-state index contributed by atoms with van der Waals surface area (Å²) in [5.41, 5.74) is 9.27. The number of rotatable bonds is 7. The molecule has 2 N–H and O–H groups in total. The lowest BCUT2D eigenvalue weighted by atomic mass is 10.0. The van der Waals surface area contributed by atoms with Crippen molar-refractivity contribution >= 4 is 5.69 Å². The third kappa shape index (κ3) is 4.87. The van der Waals surface area contributed by atoms with Gasteiger partial charge in [-0.25, -0.2) is 0 Å². The molecular weight excluding hydrogens is 258 g/mol. The number of likely N-dealkylation sites (N-methyl/N-ethyl adjacent to an activating group) is 1. The van der Waals surface area contributed by atoms with Crippen molar-refractivity contribution in [2.24, 2.45) is 0 Å². The van der Waals surface area contributed by atoms with Crippen molar-refractivity contribution < 1.29 is 0 Å². The van der Waals surface area contributed by atoms with Gasteiger partial charge in [0.15, 0.2) is 0 Å². The fourth-order valence-electron chi connectivity index (χ4n) is 2.64. The molecule has 0 amide bonds. The van der Waals surface area contributed by atoms with E-state index in [0.717, 1.165) is 31.6 Å². The van der Waals surface area contributed by atoms with Gasteiger partial charge in [-0.1, -0.05) is 19.1 Å². The van der Waals surface area contributed by atoms with E-state index in [1.807, 2.05) is 24.5 Å². The van der Waals surface area contributed by atoms with E-state index in [1.54, 1.807) is 0 Å². The van der Waals surface area contributed by atoms with E-state index in [9.17, 15) is 0 Å². The second kappa shape index (κ2) is 7.79. The fraction of sp³-hybridized carbons (Fsp3) is 0.389. The lowest BCUT2D eigenvalue weighted by molar-refractivity contribution is 0.221. The highest BCUT2D eigenvalue weighted by Crippen LogP contribution is 2.12. The Morgan fingerprint density at radius 2 is 1.71 bits per heavy atom. The summed E-state index contributed by atoms with van der Waals surface area (Å²) in [6.45, 7) is 6.68. The zero-order valence-corrected chi connectivity index (χ0v) is 13.0. The first-order chi connectivity index (χ1) is 10.2. The molecule has 1 aromatic heterocycles. The van der Waals surface area contributed by atoms with Crippen LogP contribution >= 0.6 is 0 Å². The quantitative estimate of drug-likeness (QED) is 0.794. The molecule has 1 heterocycles. The lowest BCUT2D eigenvalue weighted by Crippen LogP contribution is -2.36. The molecule has 0 aliphatic rings. The van der Waals surface area contributed by atoms with Gasteiger partial charge in [0, 0.05) is 30.7 Å². The van der Waals surface area contributed by atoms with E-state index in [0.29, 0.717) is 6.04 Å². The topological polar surface area (TPSA) is 42.2 Å². The maximum atomic E-state index is 5.74. The van der Waals surface area contributed by atoms with Crippen LogP contribution in [0.2, 0.25) is 0 Å². The van der Waals surface area contributed by atoms with Crippen LogP contribution in [0.1, 0.15) is 25.0 Å². The number of anilines is 1. The smallest absolute Gasteiger partial charge is 0.0314 e. The molecular formula is C18H25N3. The van der Waals surface area contributed by atoms with Gasteiger partial charge in [0.25, 0.3) is 0 Å². The molecule has 1 aromatic carbocycles. The van der Waals surface area contributed by atoms with Crippen molar-refractivity contribution in [2.45, 2.75) is 32.7 Å². The molecule has 3 nitrogen and oxygen atoms in total. The summed E-state index contributed by atoms with van der Waals surface area (Å²) in [7, 11) is 0. The molecule has 0 spiro atoms. The van der Waals surface area contributed by atoms with Crippen LogP contribution in [0.3, 0.4) is 0 Å². The Labute approximate surface area is 127 Å². The number of hydrogen-bond donors (Lipinski definition) is 1. The molecule has 0 fully saturated rings. The summed E-state index contributed by atoms with van der Waals surface area (Å²) >= 11 is 0. The van der Waals surface area contributed by atoms with Crippen LogP contribution in [0.25, 0.3) is 0 Å². The molecule has 1 atom stereocenters. The first kappa shape index (κ1) is 15.5. The lowest BCUT2D eigenvalue weighted by Gasteiger charge is -2.28. The van der Waals surface area contributed by atoms with Gasteiger partial charge in [0.1, 0.15) is 0 Å². The van der Waals surface area contributed by atoms with Gasteiger partial charge in [0.2, 0.25) is 0 Å². The van der Waals surface area contributed by atoms with Gasteiger partial charge in [-0.3, -0.25) is 4.98 Å². The van der Waals surface area contributed by atoms with E-state index >= 15 is 0 Å². The molecule has 0 aliphatic heterocycles. The summed E-state index contributed by atoms with van der Waals surface area (Å²) in [6.07, 6.45) is 5.86. The zero-order chi connectivity index (χ0) is 15.1. The minimum Gasteiger partial charge on any atom is -0.399 e. The summed E-state index contributed by atoms with van der Waals surface area (Å²) in [5.74, 6) is 0. The highest BCUT2D eigenvalue weighted by atomic mass is 15.1. The molecule has 0 radical (unpaired) electrons. The van der Waals surface area contributed by atoms with Crippen LogP contribution in [0.5, 0.6) is 0 Å². The fourth-order valence-corrected chi connectivity index (χ4v) is 2.64. The summed E-state index contributed by atoms with van der Waals surface area (Å²) < 4.78 is 0. The Balaban J connectivity index is 1.89. The van der Waals surface area contributed by atoms with Crippen molar-refractivity contribution in [3.8, 4) is 0 Å². The molecule has 0 bridgehead atoms. The maximum Gasteiger partial charge on any atom is 0.0314 e. The van der Waals surface area contributed by atoms with Gasteiger partial charge in [-0.05, 0) is 61.7 Å². The highest BCUT2D eigenvalue weighted by molar-refractivity contribution is 5.39. The van der Waals surface area contributed by atoms with Crippen molar-refractivity contribution in [1.82, 2.24) is 9.88 Å². The van der Waals surface area contributed by atoms with Crippen LogP contribution in [0, 0.1) is 0 Å². The predicted octanol–water partition coefficient (Wildman–Crippen LogP) is 3.16. The van der Waals surface area contributed by atoms with E-state index < -0.39 is 0 Å². The van der Waals surface area contributed by atoms with E-state index in [1.165, 1.54) is 11.1 Å². The standard InChI is InChI=1S/C18H25N3/c1-3-21(13-10-16-8-11-20-12-9-16)15(2)14-17-4-6-18(19)7-5-17/h4-9,11-12,15H,3,10,13-14,19H2,1-2H3. The Hall–Kier alpha value is -1.87. The first-order valence-corrected chi connectivity index (χ1v) is 7.66. The van der Waals surface area contributed by atoms with Crippen molar-refractivity contribution in [3.63, 3.8) is 0 Å². The van der Waals surface area contributed by atoms with Gasteiger partial charge in [-0.2, -0.15) is 0 Å². The van der Waals surface area contributed by atoms with E-state index in [4.69, 9.17) is 5.73 Å². The second-order valence-corrected chi connectivity index (χ2v) is 5.53. The second-order valence-electron chi connectivity index (χ2n) is 5.53. The van der Waals surface area contributed by atoms with Crippen molar-refractivity contribution in [2.75, 3.05) is 18.8 Å². The Bertz CT molecular complexity index is 522. The van der Waals surface area contributed by atoms with Crippen LogP contribution < -0.4 is 5.73 Å². The number of aromatic nitrogens is 1. The third-order valence-electron chi connectivity index (χ3n) is 3.98. The molecule has 1 unspecified atom stereocenters. The average molecular weight is 283 g/mol. The Kier molecular flexibility index (Phi) is 5.76. The average Bonchev–Trinajstić information content (AvgIpc) is 2.51. The normalized spacial score (nSPS) is 12.5. The number of nitrogen functional groups attached to an aromatic ring is 1. The SMILES string of the molecule is CCN(CCc1ccncc1)C(C)Cc1ccc(N)cc1. The van der Waals surface area contributed by atoms with E-state index in [-0.39, 0.29) is 0 Å². The molecule has 0 saturated carbocycles. The Morgan fingerprint density at radius 3 is 2.33 bits per heavy atom. The number of hydrogen-bond acceptors (Lipinski definition) is 3. The molecule has 2 aromatic rings. The molecule has 2 rings (SSSR count). The number of pyridine rings is 1. The summed E-state index contributed by atoms with van der Waals surface area (Å²) in [4.78, 5) is 6.59. The summed E-state index contributed by atoms with van der Waals surface area (Å²) in [6, 6.07) is 12.9. The molecule has 3 heteroatoms. The number of nitrogens with zero attached hydrogens (tertiary/aromatic N) is 2. The van der Waals surface area contributed by atoms with Crippen LogP contribution in [0.15, 0.2) is 48.8 Å². The largest absolute Gasteiger partial charge is 0.399 e. The number of benzene rings is 1. The summed E-state index contributed by atoms with van der Waals surface area (Å²) in [5, 5.41) is 0. The van der Waals surface area contributed by atoms with Crippen LogP contribution in [-0.2, 0) is 12.8 Å². The van der Waals surface area contributed by atoms with Crippen LogP contribution in [-0.4, -0.2) is 29.0 Å².